The van der Waals surface area contributed by atoms with Crippen molar-refractivity contribution in [3.05, 3.63) is 42.0 Å². The topological polar surface area (TPSA) is 134 Å². The zero-order valence-corrected chi connectivity index (χ0v) is 25.1. The molecule has 1 rings (SSSR count). The Morgan fingerprint density at radius 2 is 1.65 bits per heavy atom. The van der Waals surface area contributed by atoms with Gasteiger partial charge >= 0.3 is 0 Å². The van der Waals surface area contributed by atoms with Crippen molar-refractivity contribution in [2.24, 2.45) is 11.3 Å². The second-order valence-corrected chi connectivity index (χ2v) is 11.7. The molecule has 10 nitrogen and oxygen atoms in total. The quantitative estimate of drug-likeness (QED) is 0.211. The van der Waals surface area contributed by atoms with Crippen LogP contribution in [0, 0.1) is 11.3 Å². The summed E-state index contributed by atoms with van der Waals surface area (Å²) in [4.78, 5) is 62.0. The average molecular weight is 559 g/mol. The maximum absolute atomic E-state index is 12.9. The molecular formula is C30H46N4O6. The molecule has 0 fully saturated rings. The predicted octanol–water partition coefficient (Wildman–Crippen LogP) is 2.87. The Labute approximate surface area is 238 Å². The minimum atomic E-state index is -0.809. The molecule has 0 radical (unpaired) electrons. The minimum absolute atomic E-state index is 0.102. The van der Waals surface area contributed by atoms with Gasteiger partial charge in [-0.3, -0.25) is 24.0 Å². The number of carbonyl (C=O) groups excluding carboxylic acids is 5. The lowest BCUT2D eigenvalue weighted by atomic mass is 9.89. The number of benzene rings is 1. The Morgan fingerprint density at radius 3 is 2.20 bits per heavy atom. The predicted molar refractivity (Wildman–Crippen MR) is 155 cm³/mol. The number of nitrogens with zero attached hydrogens (tertiary/aromatic N) is 1. The van der Waals surface area contributed by atoms with E-state index < -0.39 is 23.0 Å². The number of hydrogen-bond acceptors (Lipinski definition) is 6. The Kier molecular flexibility index (Phi) is 13.7. The summed E-state index contributed by atoms with van der Waals surface area (Å²) in [5.74, 6) is -1.63. The first-order valence-electron chi connectivity index (χ1n) is 13.6. The second kappa shape index (κ2) is 15.9. The molecule has 0 aliphatic carbocycles. The van der Waals surface area contributed by atoms with Gasteiger partial charge in [0.2, 0.25) is 23.6 Å². The van der Waals surface area contributed by atoms with E-state index in [9.17, 15) is 24.0 Å². The summed E-state index contributed by atoms with van der Waals surface area (Å²) in [6.07, 6.45) is 3.87. The Bertz CT molecular complexity index is 1050. The van der Waals surface area contributed by atoms with E-state index >= 15 is 0 Å². The fourth-order valence-corrected chi connectivity index (χ4v) is 3.89. The van der Waals surface area contributed by atoms with Crippen molar-refractivity contribution in [1.29, 1.82) is 0 Å². The molecule has 0 spiro atoms. The highest BCUT2D eigenvalue weighted by atomic mass is 16.5. The van der Waals surface area contributed by atoms with Crippen LogP contribution in [0.3, 0.4) is 0 Å². The van der Waals surface area contributed by atoms with Gasteiger partial charge in [-0.2, -0.15) is 0 Å². The van der Waals surface area contributed by atoms with Crippen LogP contribution >= 0.6 is 0 Å². The number of aryl methyl sites for hydroxylation is 1. The molecule has 0 saturated carbocycles. The summed E-state index contributed by atoms with van der Waals surface area (Å²) in [6, 6.07) is 6.68. The fraction of sp³-hybridized carbons (Fsp3) is 0.567. The third-order valence-corrected chi connectivity index (χ3v) is 6.14. The summed E-state index contributed by atoms with van der Waals surface area (Å²) >= 11 is 0. The first-order valence-corrected chi connectivity index (χ1v) is 13.6. The Hall–Kier alpha value is -3.53. The molecule has 10 heteroatoms. The minimum Gasteiger partial charge on any atom is -0.373 e. The van der Waals surface area contributed by atoms with Crippen LogP contribution in [0.5, 0.6) is 0 Å². The number of ether oxygens (including phenoxy) is 1. The van der Waals surface area contributed by atoms with E-state index in [2.05, 4.69) is 16.0 Å². The largest absolute Gasteiger partial charge is 0.373 e. The van der Waals surface area contributed by atoms with Crippen LogP contribution in [-0.2, 0) is 35.1 Å². The third kappa shape index (κ3) is 13.0. The number of rotatable bonds is 16. The molecule has 0 aliphatic rings. The molecule has 3 N–H and O–H groups in total. The van der Waals surface area contributed by atoms with Gasteiger partial charge in [-0.15, -0.1) is 0 Å². The van der Waals surface area contributed by atoms with E-state index in [1.54, 1.807) is 7.05 Å². The van der Waals surface area contributed by atoms with Crippen molar-refractivity contribution in [3.8, 4) is 0 Å². The number of carbonyl (C=O) groups is 5. The van der Waals surface area contributed by atoms with Crippen LogP contribution < -0.4 is 16.0 Å². The van der Waals surface area contributed by atoms with E-state index in [0.29, 0.717) is 12.0 Å². The number of aldehydes is 1. The van der Waals surface area contributed by atoms with Gasteiger partial charge < -0.3 is 25.6 Å². The highest BCUT2D eigenvalue weighted by Gasteiger charge is 2.31. The number of anilines is 1. The summed E-state index contributed by atoms with van der Waals surface area (Å²) in [5.41, 5.74) is 0.536. The Balaban J connectivity index is 2.61. The summed E-state index contributed by atoms with van der Waals surface area (Å²) < 4.78 is 6.06. The van der Waals surface area contributed by atoms with Crippen molar-refractivity contribution in [1.82, 2.24) is 15.5 Å². The van der Waals surface area contributed by atoms with Crippen LogP contribution in [0.25, 0.3) is 0 Å². The van der Waals surface area contributed by atoms with E-state index in [-0.39, 0.29) is 49.8 Å². The fourth-order valence-electron chi connectivity index (χ4n) is 3.89. The van der Waals surface area contributed by atoms with E-state index in [1.807, 2.05) is 72.7 Å². The van der Waals surface area contributed by atoms with Crippen molar-refractivity contribution in [2.75, 3.05) is 32.1 Å². The molecule has 40 heavy (non-hydrogen) atoms. The SMILES string of the molecule is CCc1ccc(NC(=O)CNC(=O)C(NC(=O)CC(C)(C)COC(C)(C)CN(C)C(=O)/C=C\C=O)C(C)C)cc1. The maximum atomic E-state index is 12.9. The smallest absolute Gasteiger partial charge is 0.246 e. The van der Waals surface area contributed by atoms with Gasteiger partial charge in [-0.25, -0.2) is 0 Å². The summed E-state index contributed by atoms with van der Waals surface area (Å²) in [5, 5.41) is 8.16. The molecule has 0 aromatic heterocycles. The van der Waals surface area contributed by atoms with E-state index in [0.717, 1.165) is 18.1 Å². The zero-order chi connectivity index (χ0) is 30.5. The number of likely N-dealkylation sites (N-methyl/N-ethyl adjacent to an activating group) is 1. The number of amides is 4. The van der Waals surface area contributed by atoms with Gasteiger partial charge in [0.25, 0.3) is 0 Å². The van der Waals surface area contributed by atoms with E-state index in [4.69, 9.17) is 4.74 Å². The summed E-state index contributed by atoms with van der Waals surface area (Å²) in [7, 11) is 1.62. The molecule has 0 aliphatic heterocycles. The van der Waals surface area contributed by atoms with Crippen LogP contribution in [0.15, 0.2) is 36.4 Å². The monoisotopic (exact) mass is 558 g/mol. The zero-order valence-electron chi connectivity index (χ0n) is 25.1. The lowest BCUT2D eigenvalue weighted by Crippen LogP contribution is -2.51. The lowest BCUT2D eigenvalue weighted by molar-refractivity contribution is -0.134. The summed E-state index contributed by atoms with van der Waals surface area (Å²) in [6.45, 7) is 13.4. The van der Waals surface area contributed by atoms with Crippen LogP contribution in [-0.4, -0.2) is 73.2 Å². The Morgan fingerprint density at radius 1 is 1.02 bits per heavy atom. The van der Waals surface area contributed by atoms with Crippen LogP contribution in [0.2, 0.25) is 0 Å². The molecule has 1 atom stereocenters. The first-order chi connectivity index (χ1) is 18.6. The van der Waals surface area contributed by atoms with Crippen LogP contribution in [0.4, 0.5) is 5.69 Å². The van der Waals surface area contributed by atoms with Crippen molar-refractivity contribution in [3.63, 3.8) is 0 Å². The van der Waals surface area contributed by atoms with Gasteiger partial charge in [-0.05, 0) is 55.4 Å². The van der Waals surface area contributed by atoms with Gasteiger partial charge in [0, 0.05) is 31.8 Å². The number of nitrogens with one attached hydrogen (secondary N) is 3. The van der Waals surface area contributed by atoms with Gasteiger partial charge in [0.1, 0.15) is 12.3 Å². The standard InChI is InChI=1S/C30H46N4O6/c1-9-22-12-14-23(15-13-22)32-25(37)18-31-28(39)27(21(2)3)33-24(36)17-29(4,5)20-40-30(6,7)19-34(8)26(38)11-10-16-35/h10-16,21,27H,9,17-20H2,1-8H3,(H,31,39)(H,32,37)(H,33,36)/b11-10-. The van der Waals surface area contributed by atoms with E-state index in [1.165, 1.54) is 11.0 Å². The second-order valence-electron chi connectivity index (χ2n) is 11.7. The lowest BCUT2D eigenvalue weighted by Gasteiger charge is -2.34. The van der Waals surface area contributed by atoms with Crippen molar-refractivity contribution >= 4 is 35.6 Å². The van der Waals surface area contributed by atoms with Crippen molar-refractivity contribution in [2.45, 2.75) is 73.0 Å². The molecular weight excluding hydrogens is 512 g/mol. The average Bonchev–Trinajstić information content (AvgIpc) is 2.87. The van der Waals surface area contributed by atoms with Crippen LogP contribution in [0.1, 0.15) is 60.5 Å². The van der Waals surface area contributed by atoms with Gasteiger partial charge in [-0.1, -0.05) is 46.8 Å². The molecule has 0 bridgehead atoms. The highest BCUT2D eigenvalue weighted by molar-refractivity contribution is 5.96. The molecule has 1 aromatic rings. The maximum Gasteiger partial charge on any atom is 0.246 e. The molecule has 1 aromatic carbocycles. The molecule has 0 saturated heterocycles. The molecule has 1 unspecified atom stereocenters. The van der Waals surface area contributed by atoms with Gasteiger partial charge in [0.05, 0.1) is 18.8 Å². The number of hydrogen-bond donors (Lipinski definition) is 3. The van der Waals surface area contributed by atoms with Gasteiger partial charge in [0.15, 0.2) is 0 Å². The molecule has 0 heterocycles. The normalized spacial score (nSPS) is 12.6. The molecule has 222 valence electrons. The highest BCUT2D eigenvalue weighted by Crippen LogP contribution is 2.24. The first kappa shape index (κ1) is 34.5. The number of allylic oxidation sites excluding steroid dienone is 1. The molecule has 4 amide bonds. The third-order valence-electron chi connectivity index (χ3n) is 6.14. The van der Waals surface area contributed by atoms with Crippen molar-refractivity contribution < 1.29 is 28.7 Å².